The number of benzene rings is 1. The van der Waals surface area contributed by atoms with Crippen LogP contribution in [0.1, 0.15) is 31.4 Å². The Morgan fingerprint density at radius 1 is 1.26 bits per heavy atom. The Morgan fingerprint density at radius 3 is 2.43 bits per heavy atom. The molecule has 5 nitrogen and oxygen atoms in total. The maximum Gasteiger partial charge on any atom is 0.416 e. The van der Waals surface area contributed by atoms with Gasteiger partial charge in [-0.3, -0.25) is 4.79 Å². The third-order valence-corrected chi connectivity index (χ3v) is 3.06. The zero-order valence-corrected chi connectivity index (χ0v) is 12.9. The minimum Gasteiger partial charge on any atom is -0.352 e. The van der Waals surface area contributed by atoms with Gasteiger partial charge < -0.3 is 16.4 Å². The van der Waals surface area contributed by atoms with Crippen LogP contribution in [0.4, 0.5) is 18.0 Å². The topological polar surface area (TPSA) is 84.2 Å². The molecule has 1 rings (SSSR count). The number of carbonyl (C=O) groups is 2. The van der Waals surface area contributed by atoms with Crippen molar-refractivity contribution in [1.82, 2.24) is 10.6 Å². The highest BCUT2D eigenvalue weighted by Crippen LogP contribution is 2.29. The van der Waals surface area contributed by atoms with Crippen LogP contribution in [0.3, 0.4) is 0 Å². The van der Waals surface area contributed by atoms with Gasteiger partial charge in [0.15, 0.2) is 0 Å². The number of urea groups is 1. The molecule has 0 aliphatic rings. The number of hydrogen-bond donors (Lipinski definition) is 3. The van der Waals surface area contributed by atoms with Gasteiger partial charge in [0.2, 0.25) is 5.91 Å². The monoisotopic (exact) mass is 331 g/mol. The number of nitrogens with two attached hydrogens (primary N) is 1. The second-order valence-electron chi connectivity index (χ2n) is 5.61. The maximum absolute atomic E-state index is 12.6. The summed E-state index contributed by atoms with van der Waals surface area (Å²) in [5.41, 5.74) is 4.56. The smallest absolute Gasteiger partial charge is 0.352 e. The number of carbonyl (C=O) groups excluding carboxylic acids is 2. The third-order valence-electron chi connectivity index (χ3n) is 3.06. The van der Waals surface area contributed by atoms with E-state index in [0.29, 0.717) is 12.0 Å². The van der Waals surface area contributed by atoms with Crippen molar-refractivity contribution in [1.29, 1.82) is 0 Å². The van der Waals surface area contributed by atoms with Gasteiger partial charge in [0.1, 0.15) is 6.04 Å². The van der Waals surface area contributed by atoms with Gasteiger partial charge in [-0.25, -0.2) is 4.79 Å². The molecule has 0 spiro atoms. The number of halogens is 3. The second kappa shape index (κ2) is 7.85. The van der Waals surface area contributed by atoms with E-state index in [-0.39, 0.29) is 12.5 Å². The van der Waals surface area contributed by atoms with Gasteiger partial charge in [0.05, 0.1) is 5.56 Å². The molecule has 1 aromatic carbocycles. The summed E-state index contributed by atoms with van der Waals surface area (Å²) in [5.74, 6) is -0.360. The van der Waals surface area contributed by atoms with E-state index < -0.39 is 29.7 Å². The summed E-state index contributed by atoms with van der Waals surface area (Å²) in [5, 5.41) is 4.84. The summed E-state index contributed by atoms with van der Waals surface area (Å²) in [6, 6.07) is 3.04. The van der Waals surface area contributed by atoms with Crippen molar-refractivity contribution in [3.05, 3.63) is 35.4 Å². The number of rotatable bonds is 6. The van der Waals surface area contributed by atoms with E-state index in [1.165, 1.54) is 12.1 Å². The molecule has 0 aromatic heterocycles. The highest BCUT2D eigenvalue weighted by atomic mass is 19.4. The van der Waals surface area contributed by atoms with Crippen LogP contribution >= 0.6 is 0 Å². The van der Waals surface area contributed by atoms with E-state index in [1.54, 1.807) is 0 Å². The van der Waals surface area contributed by atoms with Crippen LogP contribution in [0.25, 0.3) is 0 Å². The maximum atomic E-state index is 12.6. The molecule has 0 saturated carbocycles. The lowest BCUT2D eigenvalue weighted by atomic mass is 10.0. The first-order valence-corrected chi connectivity index (χ1v) is 7.09. The van der Waals surface area contributed by atoms with Gasteiger partial charge in [0, 0.05) is 6.54 Å². The molecule has 23 heavy (non-hydrogen) atoms. The van der Waals surface area contributed by atoms with Gasteiger partial charge >= 0.3 is 12.2 Å². The quantitative estimate of drug-likeness (QED) is 0.748. The SMILES string of the molecule is CC(C)C[C@H](NC(N)=O)C(=O)NCc1cccc(C(F)(F)F)c1. The lowest BCUT2D eigenvalue weighted by Crippen LogP contribution is -2.49. The zero-order valence-electron chi connectivity index (χ0n) is 12.9. The summed E-state index contributed by atoms with van der Waals surface area (Å²) in [7, 11) is 0. The molecule has 0 fully saturated rings. The van der Waals surface area contributed by atoms with Gasteiger partial charge in [-0.05, 0) is 30.0 Å². The fraction of sp³-hybridized carbons (Fsp3) is 0.467. The van der Waals surface area contributed by atoms with Crippen molar-refractivity contribution in [2.24, 2.45) is 11.7 Å². The third kappa shape index (κ3) is 6.58. The van der Waals surface area contributed by atoms with E-state index in [1.807, 2.05) is 13.8 Å². The number of amides is 3. The summed E-state index contributed by atoms with van der Waals surface area (Å²) < 4.78 is 37.9. The molecule has 0 unspecified atom stereocenters. The normalized spacial score (nSPS) is 12.8. The molecular formula is C15H20F3N3O2. The fourth-order valence-corrected chi connectivity index (χ4v) is 2.04. The van der Waals surface area contributed by atoms with Crippen molar-refractivity contribution >= 4 is 11.9 Å². The summed E-state index contributed by atoms with van der Waals surface area (Å²) in [6.07, 6.45) is -4.06. The predicted octanol–water partition coefficient (Wildman–Crippen LogP) is 2.40. The molecule has 0 radical (unpaired) electrons. The van der Waals surface area contributed by atoms with Crippen LogP contribution in [-0.4, -0.2) is 18.0 Å². The minimum atomic E-state index is -4.44. The number of nitrogens with one attached hydrogen (secondary N) is 2. The Kier molecular flexibility index (Phi) is 6.41. The molecule has 0 heterocycles. The van der Waals surface area contributed by atoms with E-state index in [0.717, 1.165) is 12.1 Å². The Bertz CT molecular complexity index is 559. The second-order valence-corrected chi connectivity index (χ2v) is 5.61. The average molecular weight is 331 g/mol. The molecule has 0 saturated heterocycles. The Morgan fingerprint density at radius 2 is 1.91 bits per heavy atom. The Labute approximate surface area is 132 Å². The average Bonchev–Trinajstić information content (AvgIpc) is 2.42. The van der Waals surface area contributed by atoms with Crippen molar-refractivity contribution in [2.75, 3.05) is 0 Å². The van der Waals surface area contributed by atoms with Gasteiger partial charge in [0.25, 0.3) is 0 Å². The summed E-state index contributed by atoms with van der Waals surface area (Å²) in [4.78, 5) is 23.0. The predicted molar refractivity (Wildman–Crippen MR) is 79.3 cm³/mol. The number of primary amides is 1. The molecule has 0 bridgehead atoms. The van der Waals surface area contributed by atoms with Crippen LogP contribution in [0, 0.1) is 5.92 Å². The molecular weight excluding hydrogens is 311 g/mol. The van der Waals surface area contributed by atoms with E-state index in [4.69, 9.17) is 5.73 Å². The lowest BCUT2D eigenvalue weighted by molar-refractivity contribution is -0.137. The number of hydrogen-bond acceptors (Lipinski definition) is 2. The van der Waals surface area contributed by atoms with Gasteiger partial charge in [-0.2, -0.15) is 13.2 Å². The first kappa shape index (κ1) is 18.8. The molecule has 8 heteroatoms. The molecule has 128 valence electrons. The Balaban J connectivity index is 2.71. The van der Waals surface area contributed by atoms with E-state index in [2.05, 4.69) is 10.6 Å². The van der Waals surface area contributed by atoms with Gasteiger partial charge in [-0.1, -0.05) is 26.0 Å². The summed E-state index contributed by atoms with van der Waals surface area (Å²) in [6.45, 7) is 3.67. The molecule has 0 aliphatic heterocycles. The largest absolute Gasteiger partial charge is 0.416 e. The van der Waals surface area contributed by atoms with Crippen molar-refractivity contribution in [3.8, 4) is 0 Å². The van der Waals surface area contributed by atoms with E-state index >= 15 is 0 Å². The first-order chi connectivity index (χ1) is 10.6. The van der Waals surface area contributed by atoms with Crippen LogP contribution in [0.5, 0.6) is 0 Å². The highest BCUT2D eigenvalue weighted by Gasteiger charge is 2.30. The van der Waals surface area contributed by atoms with Crippen LogP contribution in [-0.2, 0) is 17.5 Å². The van der Waals surface area contributed by atoms with Gasteiger partial charge in [-0.15, -0.1) is 0 Å². The van der Waals surface area contributed by atoms with Crippen LogP contribution in [0.15, 0.2) is 24.3 Å². The standard InChI is InChI=1S/C15H20F3N3O2/c1-9(2)6-12(21-14(19)23)13(22)20-8-10-4-3-5-11(7-10)15(16,17)18/h3-5,7,9,12H,6,8H2,1-2H3,(H,20,22)(H3,19,21,23)/t12-/m0/s1. The minimum absolute atomic E-state index is 0.0716. The molecule has 3 amide bonds. The molecule has 1 aromatic rings. The van der Waals surface area contributed by atoms with Crippen LogP contribution < -0.4 is 16.4 Å². The van der Waals surface area contributed by atoms with Crippen molar-refractivity contribution < 1.29 is 22.8 Å². The molecule has 0 aliphatic carbocycles. The molecule has 4 N–H and O–H groups in total. The van der Waals surface area contributed by atoms with Crippen LogP contribution in [0.2, 0.25) is 0 Å². The fourth-order valence-electron chi connectivity index (χ4n) is 2.04. The lowest BCUT2D eigenvalue weighted by Gasteiger charge is -2.19. The highest BCUT2D eigenvalue weighted by molar-refractivity contribution is 5.86. The van der Waals surface area contributed by atoms with Crippen molar-refractivity contribution in [3.63, 3.8) is 0 Å². The first-order valence-electron chi connectivity index (χ1n) is 7.09. The summed E-state index contributed by atoms with van der Waals surface area (Å²) >= 11 is 0. The Hall–Kier alpha value is -2.25. The number of alkyl halides is 3. The van der Waals surface area contributed by atoms with E-state index in [9.17, 15) is 22.8 Å². The van der Waals surface area contributed by atoms with Crippen molar-refractivity contribution in [2.45, 2.75) is 39.0 Å². The zero-order chi connectivity index (χ0) is 17.6. The molecule has 1 atom stereocenters.